The van der Waals surface area contributed by atoms with E-state index in [2.05, 4.69) is 80.2 Å². The predicted molar refractivity (Wildman–Crippen MR) is 108 cm³/mol. The Kier molecular flexibility index (Phi) is 7.65. The first-order valence-corrected chi connectivity index (χ1v) is 10.0. The van der Waals surface area contributed by atoms with Crippen LogP contribution in [0.1, 0.15) is 19.4 Å². The van der Waals surface area contributed by atoms with Gasteiger partial charge in [0.05, 0.1) is 3.57 Å². The summed E-state index contributed by atoms with van der Waals surface area (Å²) in [6.45, 7) is 12.0. The van der Waals surface area contributed by atoms with Gasteiger partial charge in [-0.3, -0.25) is 4.90 Å². The molecule has 124 valence electrons. The third kappa shape index (κ3) is 5.19. The standard InChI is InChI=1S/C16H25I2N3O/c1-3-20-4-6-21(7-5-20)12(2)10-19-11-13-8-14(17)9-15(18)16(13)22/h8-9,12,19,22H,3-7,10-11H2,1-2H3. The molecule has 1 aliphatic rings. The van der Waals surface area contributed by atoms with Gasteiger partial charge in [-0.25, -0.2) is 0 Å². The Morgan fingerprint density at radius 3 is 2.55 bits per heavy atom. The number of phenolic OH excluding ortho intramolecular Hbond substituents is 1. The molecule has 1 unspecified atom stereocenters. The van der Waals surface area contributed by atoms with Gasteiger partial charge in [0.15, 0.2) is 0 Å². The van der Waals surface area contributed by atoms with Crippen molar-refractivity contribution >= 4 is 45.2 Å². The predicted octanol–water partition coefficient (Wildman–Crippen LogP) is 2.72. The first-order chi connectivity index (χ1) is 10.5. The number of aromatic hydroxyl groups is 1. The molecule has 22 heavy (non-hydrogen) atoms. The molecule has 2 rings (SSSR count). The van der Waals surface area contributed by atoms with Crippen LogP contribution in [-0.4, -0.2) is 60.2 Å². The van der Waals surface area contributed by atoms with Gasteiger partial charge in [-0.1, -0.05) is 6.92 Å². The number of halogens is 2. The summed E-state index contributed by atoms with van der Waals surface area (Å²) in [5, 5.41) is 13.6. The van der Waals surface area contributed by atoms with Crippen molar-refractivity contribution in [2.24, 2.45) is 0 Å². The maximum atomic E-state index is 10.1. The van der Waals surface area contributed by atoms with Gasteiger partial charge in [0.2, 0.25) is 0 Å². The zero-order valence-corrected chi connectivity index (χ0v) is 17.6. The van der Waals surface area contributed by atoms with Crippen molar-refractivity contribution in [3.05, 3.63) is 24.8 Å². The fourth-order valence-corrected chi connectivity index (χ4v) is 4.78. The van der Waals surface area contributed by atoms with Crippen molar-refractivity contribution in [3.63, 3.8) is 0 Å². The van der Waals surface area contributed by atoms with Crippen LogP contribution >= 0.6 is 45.2 Å². The fraction of sp³-hybridized carbons (Fsp3) is 0.625. The van der Waals surface area contributed by atoms with E-state index in [4.69, 9.17) is 0 Å². The summed E-state index contributed by atoms with van der Waals surface area (Å²) >= 11 is 4.48. The highest BCUT2D eigenvalue weighted by Crippen LogP contribution is 2.26. The van der Waals surface area contributed by atoms with Crippen LogP contribution in [0.15, 0.2) is 12.1 Å². The van der Waals surface area contributed by atoms with E-state index in [0.717, 1.165) is 41.9 Å². The van der Waals surface area contributed by atoms with Crippen LogP contribution in [0, 0.1) is 7.14 Å². The van der Waals surface area contributed by atoms with E-state index in [1.165, 1.54) is 16.7 Å². The number of phenols is 1. The average Bonchev–Trinajstić information content (AvgIpc) is 2.51. The van der Waals surface area contributed by atoms with Crippen molar-refractivity contribution < 1.29 is 5.11 Å². The Morgan fingerprint density at radius 1 is 1.23 bits per heavy atom. The average molecular weight is 529 g/mol. The minimum Gasteiger partial charge on any atom is -0.507 e. The normalized spacial score (nSPS) is 18.5. The second kappa shape index (κ2) is 9.00. The molecular formula is C16H25I2N3O. The lowest BCUT2D eigenvalue weighted by Crippen LogP contribution is -2.51. The molecule has 2 N–H and O–H groups in total. The van der Waals surface area contributed by atoms with Crippen LogP contribution in [0.4, 0.5) is 0 Å². The zero-order valence-electron chi connectivity index (χ0n) is 13.3. The van der Waals surface area contributed by atoms with Crippen molar-refractivity contribution in [2.75, 3.05) is 39.3 Å². The van der Waals surface area contributed by atoms with E-state index >= 15 is 0 Å². The summed E-state index contributed by atoms with van der Waals surface area (Å²) in [5.74, 6) is 0.415. The topological polar surface area (TPSA) is 38.7 Å². The van der Waals surface area contributed by atoms with Gasteiger partial charge in [0.1, 0.15) is 5.75 Å². The SMILES string of the molecule is CCN1CCN(C(C)CNCc2cc(I)cc(I)c2O)CC1. The first-order valence-electron chi connectivity index (χ1n) is 7.85. The van der Waals surface area contributed by atoms with Crippen LogP contribution in [0.3, 0.4) is 0 Å². The number of piperazine rings is 1. The minimum atomic E-state index is 0.415. The number of nitrogens with one attached hydrogen (secondary N) is 1. The molecule has 1 aliphatic heterocycles. The van der Waals surface area contributed by atoms with Crippen LogP contribution in [0.2, 0.25) is 0 Å². The molecule has 0 aromatic heterocycles. The lowest BCUT2D eigenvalue weighted by Gasteiger charge is -2.37. The van der Waals surface area contributed by atoms with Crippen molar-refractivity contribution in [3.8, 4) is 5.75 Å². The van der Waals surface area contributed by atoms with E-state index in [-0.39, 0.29) is 0 Å². The number of hydrogen-bond acceptors (Lipinski definition) is 4. The van der Waals surface area contributed by atoms with Crippen LogP contribution < -0.4 is 5.32 Å². The molecule has 1 atom stereocenters. The third-order valence-corrected chi connectivity index (χ3v) is 5.78. The second-order valence-electron chi connectivity index (χ2n) is 5.85. The molecule has 6 heteroatoms. The lowest BCUT2D eigenvalue weighted by atomic mass is 10.2. The summed E-state index contributed by atoms with van der Waals surface area (Å²) in [6.07, 6.45) is 0. The van der Waals surface area contributed by atoms with Gasteiger partial charge < -0.3 is 15.3 Å². The van der Waals surface area contributed by atoms with Crippen molar-refractivity contribution in [1.82, 2.24) is 15.1 Å². The molecule has 1 fully saturated rings. The maximum Gasteiger partial charge on any atom is 0.133 e. The molecule has 0 saturated carbocycles. The molecule has 0 spiro atoms. The van der Waals surface area contributed by atoms with E-state index in [1.54, 1.807) is 0 Å². The smallest absolute Gasteiger partial charge is 0.133 e. The number of likely N-dealkylation sites (N-methyl/N-ethyl adjacent to an activating group) is 1. The van der Waals surface area contributed by atoms with Gasteiger partial charge >= 0.3 is 0 Å². The van der Waals surface area contributed by atoms with Crippen molar-refractivity contribution in [2.45, 2.75) is 26.4 Å². The number of nitrogens with zero attached hydrogens (tertiary/aromatic N) is 2. The highest BCUT2D eigenvalue weighted by atomic mass is 127. The Hall–Kier alpha value is 0.360. The molecule has 0 amide bonds. The molecule has 1 aromatic rings. The Bertz CT molecular complexity index is 491. The summed E-state index contributed by atoms with van der Waals surface area (Å²) in [5.41, 5.74) is 0.985. The number of hydrogen-bond donors (Lipinski definition) is 2. The van der Waals surface area contributed by atoms with Gasteiger partial charge in [-0.2, -0.15) is 0 Å². The van der Waals surface area contributed by atoms with Crippen LogP contribution in [0.5, 0.6) is 5.75 Å². The van der Waals surface area contributed by atoms with E-state index in [1.807, 2.05) is 6.07 Å². The Labute approximate surface area is 160 Å². The monoisotopic (exact) mass is 529 g/mol. The maximum absolute atomic E-state index is 10.1. The van der Waals surface area contributed by atoms with Crippen molar-refractivity contribution in [1.29, 1.82) is 0 Å². The van der Waals surface area contributed by atoms with Crippen LogP contribution in [0.25, 0.3) is 0 Å². The molecule has 4 nitrogen and oxygen atoms in total. The van der Waals surface area contributed by atoms with Crippen LogP contribution in [-0.2, 0) is 6.54 Å². The zero-order chi connectivity index (χ0) is 16.1. The number of benzene rings is 1. The highest BCUT2D eigenvalue weighted by Gasteiger charge is 2.19. The third-order valence-electron chi connectivity index (χ3n) is 4.34. The van der Waals surface area contributed by atoms with E-state index < -0.39 is 0 Å². The quantitative estimate of drug-likeness (QED) is 0.557. The summed E-state index contributed by atoms with van der Waals surface area (Å²) in [6, 6.07) is 4.58. The second-order valence-corrected chi connectivity index (χ2v) is 8.25. The Morgan fingerprint density at radius 2 is 1.91 bits per heavy atom. The summed E-state index contributed by atoms with van der Waals surface area (Å²) in [7, 11) is 0. The minimum absolute atomic E-state index is 0.415. The van der Waals surface area contributed by atoms with Gasteiger partial charge in [0, 0.05) is 54.4 Å². The van der Waals surface area contributed by atoms with Gasteiger partial charge in [0.25, 0.3) is 0 Å². The fourth-order valence-electron chi connectivity index (χ4n) is 2.82. The molecular weight excluding hydrogens is 504 g/mol. The largest absolute Gasteiger partial charge is 0.507 e. The number of rotatable bonds is 6. The lowest BCUT2D eigenvalue weighted by molar-refractivity contribution is 0.105. The Balaban J connectivity index is 1.79. The molecule has 0 aliphatic carbocycles. The van der Waals surface area contributed by atoms with Gasteiger partial charge in [-0.05, 0) is 70.8 Å². The van der Waals surface area contributed by atoms with E-state index in [0.29, 0.717) is 11.8 Å². The summed E-state index contributed by atoms with van der Waals surface area (Å²) in [4.78, 5) is 5.06. The van der Waals surface area contributed by atoms with Gasteiger partial charge in [-0.15, -0.1) is 0 Å². The van der Waals surface area contributed by atoms with E-state index in [9.17, 15) is 5.11 Å². The molecule has 1 heterocycles. The summed E-state index contributed by atoms with van der Waals surface area (Å²) < 4.78 is 2.09. The molecule has 0 bridgehead atoms. The molecule has 1 aromatic carbocycles. The highest BCUT2D eigenvalue weighted by molar-refractivity contribution is 14.1. The molecule has 0 radical (unpaired) electrons. The first kappa shape index (κ1) is 18.7. The molecule has 1 saturated heterocycles.